The normalized spacial score (nSPS) is 12.5. The fourth-order valence-electron chi connectivity index (χ4n) is 0.989. The third-order valence-corrected chi connectivity index (χ3v) is 1.75. The number of carbonyl (C=O) groups is 1. The van der Waals surface area contributed by atoms with Gasteiger partial charge in [0.1, 0.15) is 5.82 Å². The number of rotatable bonds is 2. The molecule has 1 radical (unpaired) electrons. The van der Waals surface area contributed by atoms with Gasteiger partial charge in [-0.3, -0.25) is 10.5 Å². The lowest BCUT2D eigenvalue weighted by Gasteiger charge is -2.06. The first-order chi connectivity index (χ1) is 6.02. The van der Waals surface area contributed by atoms with Crippen molar-refractivity contribution in [2.75, 3.05) is 0 Å². The van der Waals surface area contributed by atoms with Crippen LogP contribution in [0.25, 0.3) is 0 Å². The van der Waals surface area contributed by atoms with Gasteiger partial charge in [0.15, 0.2) is 6.10 Å². The summed E-state index contributed by atoms with van der Waals surface area (Å²) in [5.41, 5.74) is 7.26. The molecular formula is C9H9FNO2. The van der Waals surface area contributed by atoms with Gasteiger partial charge in [0.2, 0.25) is 0 Å². The van der Waals surface area contributed by atoms with E-state index in [-0.39, 0.29) is 5.56 Å². The highest BCUT2D eigenvalue weighted by molar-refractivity contribution is 5.79. The number of nitrogens with one attached hydrogen (secondary N) is 1. The van der Waals surface area contributed by atoms with Crippen molar-refractivity contribution in [3.05, 3.63) is 35.1 Å². The Balaban J connectivity index is 3.03. The minimum Gasteiger partial charge on any atom is -0.378 e. The van der Waals surface area contributed by atoms with Crippen LogP contribution in [-0.4, -0.2) is 11.0 Å². The summed E-state index contributed by atoms with van der Waals surface area (Å²) in [4.78, 5) is 10.5. The largest absolute Gasteiger partial charge is 0.378 e. The SMILES string of the molecule is Cc1cc(C(O)C([NH])=O)ccc1F. The lowest BCUT2D eigenvalue weighted by Crippen LogP contribution is -2.12. The van der Waals surface area contributed by atoms with E-state index in [1.807, 2.05) is 0 Å². The molecule has 2 N–H and O–H groups in total. The molecule has 0 saturated heterocycles. The smallest absolute Gasteiger partial charge is 0.271 e. The Morgan fingerprint density at radius 2 is 2.23 bits per heavy atom. The molecule has 3 nitrogen and oxygen atoms in total. The fourth-order valence-corrected chi connectivity index (χ4v) is 0.989. The minimum absolute atomic E-state index is 0.249. The molecule has 0 saturated carbocycles. The molecule has 69 valence electrons. The Kier molecular flexibility index (Phi) is 2.63. The van der Waals surface area contributed by atoms with Crippen LogP contribution in [0, 0.1) is 12.7 Å². The zero-order valence-corrected chi connectivity index (χ0v) is 7.04. The average Bonchev–Trinajstić information content (AvgIpc) is 2.08. The summed E-state index contributed by atoms with van der Waals surface area (Å²) >= 11 is 0. The summed E-state index contributed by atoms with van der Waals surface area (Å²) < 4.78 is 12.7. The molecule has 0 heterocycles. The van der Waals surface area contributed by atoms with Crippen molar-refractivity contribution in [3.8, 4) is 0 Å². The molecule has 13 heavy (non-hydrogen) atoms. The summed E-state index contributed by atoms with van der Waals surface area (Å²) in [6.07, 6.45) is -1.47. The van der Waals surface area contributed by atoms with E-state index in [1.165, 1.54) is 19.1 Å². The van der Waals surface area contributed by atoms with Gasteiger partial charge in [-0.25, -0.2) is 4.39 Å². The Bertz CT molecular complexity index is 338. The topological polar surface area (TPSA) is 61.1 Å². The third kappa shape index (κ3) is 2.03. The number of aliphatic hydroxyl groups excluding tert-OH is 1. The van der Waals surface area contributed by atoms with Crippen LogP contribution in [0.1, 0.15) is 17.2 Å². The van der Waals surface area contributed by atoms with Gasteiger partial charge < -0.3 is 5.11 Å². The van der Waals surface area contributed by atoms with Gasteiger partial charge in [-0.05, 0) is 24.1 Å². The Hall–Kier alpha value is -1.42. The molecule has 1 aromatic rings. The lowest BCUT2D eigenvalue weighted by molar-refractivity contribution is -0.126. The summed E-state index contributed by atoms with van der Waals surface area (Å²) in [6, 6.07) is 3.81. The monoisotopic (exact) mass is 182 g/mol. The van der Waals surface area contributed by atoms with Crippen LogP contribution in [0.3, 0.4) is 0 Å². The molecule has 1 atom stereocenters. The van der Waals surface area contributed by atoms with E-state index in [1.54, 1.807) is 0 Å². The molecular weight excluding hydrogens is 173 g/mol. The quantitative estimate of drug-likeness (QED) is 0.740. The molecule has 0 bridgehead atoms. The van der Waals surface area contributed by atoms with E-state index in [2.05, 4.69) is 0 Å². The van der Waals surface area contributed by atoms with Crippen molar-refractivity contribution < 1.29 is 14.3 Å². The first-order valence-electron chi connectivity index (χ1n) is 3.72. The number of amides is 1. The average molecular weight is 182 g/mol. The van der Waals surface area contributed by atoms with E-state index >= 15 is 0 Å². The van der Waals surface area contributed by atoms with Gasteiger partial charge in [0, 0.05) is 0 Å². The number of aliphatic hydroxyl groups is 1. The van der Waals surface area contributed by atoms with E-state index in [9.17, 15) is 9.18 Å². The highest BCUT2D eigenvalue weighted by Gasteiger charge is 2.14. The van der Waals surface area contributed by atoms with Gasteiger partial charge in [0.25, 0.3) is 5.91 Å². The molecule has 0 spiro atoms. The molecule has 0 aliphatic carbocycles. The van der Waals surface area contributed by atoms with Crippen molar-refractivity contribution in [2.45, 2.75) is 13.0 Å². The fraction of sp³-hybridized carbons (Fsp3) is 0.222. The maximum absolute atomic E-state index is 12.7. The lowest BCUT2D eigenvalue weighted by atomic mass is 10.1. The molecule has 1 amide bonds. The maximum atomic E-state index is 12.7. The van der Waals surface area contributed by atoms with Crippen molar-refractivity contribution >= 4 is 5.91 Å². The molecule has 1 rings (SSSR count). The summed E-state index contributed by atoms with van der Waals surface area (Å²) in [5, 5.41) is 9.15. The molecule has 1 unspecified atom stereocenters. The van der Waals surface area contributed by atoms with E-state index in [0.717, 1.165) is 6.07 Å². The van der Waals surface area contributed by atoms with Gasteiger partial charge in [-0.2, -0.15) is 0 Å². The van der Waals surface area contributed by atoms with Crippen LogP contribution < -0.4 is 5.73 Å². The number of aryl methyl sites for hydroxylation is 1. The summed E-state index contributed by atoms with van der Waals surface area (Å²) in [7, 11) is 0. The van der Waals surface area contributed by atoms with Gasteiger partial charge >= 0.3 is 0 Å². The number of carbonyl (C=O) groups excluding carboxylic acids is 1. The highest BCUT2D eigenvalue weighted by atomic mass is 19.1. The molecule has 0 aliphatic rings. The second kappa shape index (κ2) is 3.53. The molecule has 4 heteroatoms. The van der Waals surface area contributed by atoms with E-state index < -0.39 is 17.8 Å². The molecule has 0 aromatic heterocycles. The molecule has 1 aromatic carbocycles. The van der Waals surface area contributed by atoms with Crippen molar-refractivity contribution in [1.29, 1.82) is 0 Å². The van der Waals surface area contributed by atoms with E-state index in [0.29, 0.717) is 5.56 Å². The van der Waals surface area contributed by atoms with Crippen LogP contribution >= 0.6 is 0 Å². The highest BCUT2D eigenvalue weighted by Crippen LogP contribution is 2.16. The second-order valence-electron chi connectivity index (χ2n) is 2.78. The van der Waals surface area contributed by atoms with Gasteiger partial charge in [-0.1, -0.05) is 12.1 Å². The number of hydrogen-bond donors (Lipinski definition) is 1. The van der Waals surface area contributed by atoms with Crippen molar-refractivity contribution in [2.24, 2.45) is 0 Å². The Morgan fingerprint density at radius 3 is 2.69 bits per heavy atom. The standard InChI is InChI=1S/C9H9FNO2/c1-5-4-6(2-3-7(5)10)8(12)9(11)13/h2-4,8,11-12H,1H3. The Labute approximate surface area is 75.0 Å². The second-order valence-corrected chi connectivity index (χ2v) is 2.78. The van der Waals surface area contributed by atoms with Crippen molar-refractivity contribution in [3.63, 3.8) is 0 Å². The number of benzene rings is 1. The summed E-state index contributed by atoms with van der Waals surface area (Å²) in [5.74, 6) is -1.49. The van der Waals surface area contributed by atoms with Crippen LogP contribution in [0.15, 0.2) is 18.2 Å². The zero-order chi connectivity index (χ0) is 10.0. The van der Waals surface area contributed by atoms with Gasteiger partial charge in [-0.15, -0.1) is 0 Å². The summed E-state index contributed by atoms with van der Waals surface area (Å²) in [6.45, 7) is 1.53. The predicted octanol–water partition coefficient (Wildman–Crippen LogP) is 0.977. The third-order valence-electron chi connectivity index (χ3n) is 1.75. The van der Waals surface area contributed by atoms with Crippen molar-refractivity contribution in [1.82, 2.24) is 5.73 Å². The van der Waals surface area contributed by atoms with Gasteiger partial charge in [0.05, 0.1) is 0 Å². The van der Waals surface area contributed by atoms with Crippen LogP contribution in [0.5, 0.6) is 0 Å². The number of hydrogen-bond acceptors (Lipinski definition) is 2. The minimum atomic E-state index is -1.47. The first-order valence-corrected chi connectivity index (χ1v) is 3.72. The maximum Gasteiger partial charge on any atom is 0.271 e. The van der Waals surface area contributed by atoms with Crippen LogP contribution in [0.4, 0.5) is 4.39 Å². The first kappa shape index (κ1) is 9.67. The predicted molar refractivity (Wildman–Crippen MR) is 44.2 cm³/mol. The Morgan fingerprint density at radius 1 is 1.62 bits per heavy atom. The number of halogens is 1. The van der Waals surface area contributed by atoms with Crippen LogP contribution in [-0.2, 0) is 4.79 Å². The van der Waals surface area contributed by atoms with Crippen LogP contribution in [0.2, 0.25) is 0 Å². The zero-order valence-electron chi connectivity index (χ0n) is 7.04. The van der Waals surface area contributed by atoms with E-state index in [4.69, 9.17) is 10.8 Å². The molecule has 0 aliphatic heterocycles. The molecule has 0 fully saturated rings.